The predicted octanol–water partition coefficient (Wildman–Crippen LogP) is 15.8. The molecular weight excluding hydrogens is 930 g/mol. The molecule has 0 fully saturated rings. The van der Waals surface area contributed by atoms with Gasteiger partial charge in [0.1, 0.15) is 17.2 Å². The molecule has 370 valence electrons. The van der Waals surface area contributed by atoms with Crippen molar-refractivity contribution in [2.45, 2.75) is 150 Å². The highest BCUT2D eigenvalue weighted by molar-refractivity contribution is 5.74. The molecule has 3 nitrogen and oxygen atoms in total. The molecule has 3 aliphatic carbocycles. The van der Waals surface area contributed by atoms with E-state index in [4.69, 9.17) is 14.2 Å². The van der Waals surface area contributed by atoms with Crippen molar-refractivity contribution in [3.05, 3.63) is 88.0 Å². The first-order valence-corrected chi connectivity index (χ1v) is 21.2. The Morgan fingerprint density at radius 2 is 0.667 bits per heavy atom. The lowest BCUT2D eigenvalue weighted by atomic mass is 9.60. The van der Waals surface area contributed by atoms with Gasteiger partial charge in [-0.3, -0.25) is 0 Å². The number of ether oxygens (including phenoxy) is 3. The number of hydrogen-bond acceptors (Lipinski definition) is 3. The quantitative estimate of drug-likeness (QED) is 0.0431. The molecule has 3 aliphatic rings. The third kappa shape index (κ3) is 10.00. The van der Waals surface area contributed by atoms with Crippen molar-refractivity contribution in [3.8, 4) is 17.2 Å². The van der Waals surface area contributed by atoms with E-state index in [0.29, 0.717) is 55.8 Å². The highest BCUT2D eigenvalue weighted by Crippen LogP contribution is 2.62. The van der Waals surface area contributed by atoms with Gasteiger partial charge in [-0.15, -0.1) is 0 Å². The number of unbranched alkanes of at least 4 members (excludes halogenated alkanes) is 10. The molecule has 0 saturated carbocycles. The smallest absolute Gasteiger partial charge is 0.460 e. The van der Waals surface area contributed by atoms with Crippen LogP contribution in [0.5, 0.6) is 17.2 Å². The summed E-state index contributed by atoms with van der Waals surface area (Å²) in [5.74, 6) is -37.3. The molecule has 21 heteroatoms. The Bertz CT molecular complexity index is 1980. The molecule has 0 aromatic heterocycles. The molecular formula is C45H46F18O3. The Hall–Kier alpha value is -4.20. The van der Waals surface area contributed by atoms with E-state index in [0.717, 1.165) is 33.4 Å². The third-order valence-corrected chi connectivity index (χ3v) is 12.0. The van der Waals surface area contributed by atoms with Gasteiger partial charge in [0, 0.05) is 41.4 Å². The number of methoxy groups -OCH3 is 1. The van der Waals surface area contributed by atoms with Crippen LogP contribution >= 0.6 is 0 Å². The van der Waals surface area contributed by atoms with Gasteiger partial charge in [-0.2, -0.15) is 79.0 Å². The maximum Gasteiger partial charge on any atom is 0.460 e. The molecule has 0 unspecified atom stereocenters. The SMILES string of the molecule is COc1cccc2c1C1c3c(OCCCCCCCCC(F)(F)C(F)(F)C(F)(F)C(F)(F)F)cccc3C2c2cccc(OCCCCCCCCC(F)(F)C(F)(F)C(F)(F)C(F)(F)F)c21. The van der Waals surface area contributed by atoms with Crippen molar-refractivity contribution in [2.24, 2.45) is 0 Å². The minimum absolute atomic E-state index is 0.118. The average molecular weight is 977 g/mol. The standard InChI is InChI=1S/C45H46F18O3/c1-64-30-20-14-17-27-33-28-18-15-21-31(65-25-12-8-4-2-6-10-23-38(46,47)40(50,51)42(54,55)44(58,59)60)35(28)37(34(27)30)36-29(33)19-16-22-32(36)66-26-13-9-5-3-7-11-24-39(48,49)41(52,53)43(56,57)45(61,62)63/h14-22,33,37H,2-13,23-26H2,1H3. The molecule has 0 aliphatic heterocycles. The summed E-state index contributed by atoms with van der Waals surface area (Å²) in [5.41, 5.74) is 5.51. The summed E-state index contributed by atoms with van der Waals surface area (Å²) >= 11 is 0. The largest absolute Gasteiger partial charge is 0.496 e. The van der Waals surface area contributed by atoms with Crippen molar-refractivity contribution >= 4 is 0 Å². The van der Waals surface area contributed by atoms with Crippen molar-refractivity contribution in [2.75, 3.05) is 20.3 Å². The van der Waals surface area contributed by atoms with Crippen LogP contribution in [0.15, 0.2) is 54.6 Å². The first-order valence-electron chi connectivity index (χ1n) is 21.2. The molecule has 3 aromatic carbocycles. The summed E-state index contributed by atoms with van der Waals surface area (Å²) in [6.45, 7) is 0.384. The van der Waals surface area contributed by atoms with Crippen LogP contribution in [-0.4, -0.2) is 68.2 Å². The maximum atomic E-state index is 13.9. The second-order valence-electron chi connectivity index (χ2n) is 16.5. The summed E-state index contributed by atoms with van der Waals surface area (Å²) in [6.07, 6.45) is -16.0. The van der Waals surface area contributed by atoms with E-state index < -0.39 is 79.5 Å². The number of alkyl halides is 18. The van der Waals surface area contributed by atoms with Crippen LogP contribution in [0.2, 0.25) is 0 Å². The molecule has 2 bridgehead atoms. The lowest BCUT2D eigenvalue weighted by Gasteiger charge is -2.43. The molecule has 0 spiro atoms. The highest BCUT2D eigenvalue weighted by Gasteiger charge is 2.82. The van der Waals surface area contributed by atoms with Crippen molar-refractivity contribution < 1.29 is 93.2 Å². The summed E-state index contributed by atoms with van der Waals surface area (Å²) < 4.78 is 255. The monoisotopic (exact) mass is 976 g/mol. The summed E-state index contributed by atoms with van der Waals surface area (Å²) in [5, 5.41) is 0. The normalized spacial score (nSPS) is 16.8. The van der Waals surface area contributed by atoms with E-state index in [1.54, 1.807) is 12.1 Å². The summed E-state index contributed by atoms with van der Waals surface area (Å²) in [4.78, 5) is 0. The van der Waals surface area contributed by atoms with Gasteiger partial charge < -0.3 is 14.2 Å². The Balaban J connectivity index is 1.15. The van der Waals surface area contributed by atoms with Gasteiger partial charge in [-0.25, -0.2) is 0 Å². The average Bonchev–Trinajstić information content (AvgIpc) is 3.23. The number of halogens is 18. The summed E-state index contributed by atoms with van der Waals surface area (Å²) in [6, 6.07) is 16.9. The van der Waals surface area contributed by atoms with Crippen LogP contribution in [0.25, 0.3) is 0 Å². The maximum absolute atomic E-state index is 13.9. The van der Waals surface area contributed by atoms with Gasteiger partial charge >= 0.3 is 47.9 Å². The molecule has 0 atom stereocenters. The number of benzene rings is 3. The zero-order chi connectivity index (χ0) is 49.1. The van der Waals surface area contributed by atoms with Gasteiger partial charge in [0.2, 0.25) is 0 Å². The topological polar surface area (TPSA) is 27.7 Å². The Kier molecular flexibility index (Phi) is 15.8. The first-order chi connectivity index (χ1) is 30.6. The minimum atomic E-state index is -6.91. The van der Waals surface area contributed by atoms with E-state index >= 15 is 0 Å². The van der Waals surface area contributed by atoms with Gasteiger partial charge in [-0.1, -0.05) is 87.8 Å². The zero-order valence-corrected chi connectivity index (χ0v) is 35.2. The van der Waals surface area contributed by atoms with Gasteiger partial charge in [0.15, 0.2) is 0 Å². The second-order valence-corrected chi connectivity index (χ2v) is 16.5. The second kappa shape index (κ2) is 19.8. The molecule has 66 heavy (non-hydrogen) atoms. The van der Waals surface area contributed by atoms with Gasteiger partial charge in [0.25, 0.3) is 0 Å². The summed E-state index contributed by atoms with van der Waals surface area (Å²) in [7, 11) is 1.53. The van der Waals surface area contributed by atoms with E-state index in [2.05, 4.69) is 0 Å². The van der Waals surface area contributed by atoms with Crippen molar-refractivity contribution in [1.82, 2.24) is 0 Å². The number of rotatable bonds is 25. The lowest BCUT2D eigenvalue weighted by molar-refractivity contribution is -0.396. The van der Waals surface area contributed by atoms with Crippen molar-refractivity contribution in [1.29, 1.82) is 0 Å². The van der Waals surface area contributed by atoms with Crippen LogP contribution in [0, 0.1) is 0 Å². The van der Waals surface area contributed by atoms with Crippen LogP contribution in [0.4, 0.5) is 79.0 Å². The molecule has 0 N–H and O–H groups in total. The molecule has 0 saturated heterocycles. The van der Waals surface area contributed by atoms with Crippen LogP contribution in [0.3, 0.4) is 0 Å². The molecule has 6 rings (SSSR count). The van der Waals surface area contributed by atoms with Crippen LogP contribution in [-0.2, 0) is 0 Å². The van der Waals surface area contributed by atoms with E-state index in [1.807, 2.05) is 42.5 Å². The third-order valence-electron chi connectivity index (χ3n) is 12.0. The highest BCUT2D eigenvalue weighted by atomic mass is 19.4. The van der Waals surface area contributed by atoms with Crippen LogP contribution < -0.4 is 14.2 Å². The minimum Gasteiger partial charge on any atom is -0.496 e. The Morgan fingerprint density at radius 1 is 0.364 bits per heavy atom. The van der Waals surface area contributed by atoms with Crippen LogP contribution in [0.1, 0.15) is 135 Å². The predicted molar refractivity (Wildman–Crippen MR) is 205 cm³/mol. The molecule has 0 amide bonds. The first kappa shape index (κ1) is 52.8. The fourth-order valence-corrected chi connectivity index (χ4v) is 8.54. The van der Waals surface area contributed by atoms with E-state index in [-0.39, 0.29) is 44.8 Å². The Labute approximate surface area is 368 Å². The molecule has 0 radical (unpaired) electrons. The van der Waals surface area contributed by atoms with Gasteiger partial charge in [0.05, 0.1) is 20.3 Å². The fraction of sp³-hybridized carbons (Fsp3) is 0.600. The van der Waals surface area contributed by atoms with Gasteiger partial charge in [-0.05, 0) is 60.6 Å². The Morgan fingerprint density at radius 3 is 1.00 bits per heavy atom. The number of hydrogen-bond donors (Lipinski definition) is 0. The molecule has 3 aromatic rings. The lowest BCUT2D eigenvalue weighted by Crippen LogP contribution is -2.60. The fourth-order valence-electron chi connectivity index (χ4n) is 8.54. The zero-order valence-electron chi connectivity index (χ0n) is 35.2. The molecule has 0 heterocycles. The van der Waals surface area contributed by atoms with Crippen molar-refractivity contribution in [3.63, 3.8) is 0 Å². The van der Waals surface area contributed by atoms with E-state index in [1.165, 1.54) is 7.11 Å². The van der Waals surface area contributed by atoms with E-state index in [9.17, 15) is 79.0 Å².